The van der Waals surface area contributed by atoms with Gasteiger partial charge < -0.3 is 15.2 Å². The lowest BCUT2D eigenvalue weighted by Gasteiger charge is -2.23. The Bertz CT molecular complexity index is 415. The lowest BCUT2D eigenvalue weighted by atomic mass is 10.0. The van der Waals surface area contributed by atoms with E-state index in [1.54, 1.807) is 13.2 Å². The Labute approximate surface area is 116 Å². The van der Waals surface area contributed by atoms with Gasteiger partial charge in [0.25, 0.3) is 0 Å². The molecule has 2 atom stereocenters. The van der Waals surface area contributed by atoms with Crippen LogP contribution in [0, 0.1) is 5.92 Å². The minimum atomic E-state index is 0.198. The highest BCUT2D eigenvalue weighted by molar-refractivity contribution is 5.42. The third-order valence-corrected chi connectivity index (χ3v) is 4.00. The smallest absolute Gasteiger partial charge is 0.160 e. The SMILES string of the molecule is CCC(CC1CC1)NC(C)c1ccc(O)c(OC)c1. The second-order valence-electron chi connectivity index (χ2n) is 5.60. The van der Waals surface area contributed by atoms with Gasteiger partial charge in [-0.3, -0.25) is 0 Å². The van der Waals surface area contributed by atoms with Crippen LogP contribution in [0.2, 0.25) is 0 Å². The lowest BCUT2D eigenvalue weighted by molar-refractivity contribution is 0.370. The largest absolute Gasteiger partial charge is 0.504 e. The summed E-state index contributed by atoms with van der Waals surface area (Å²) >= 11 is 0. The molecule has 1 saturated carbocycles. The molecule has 3 nitrogen and oxygen atoms in total. The van der Waals surface area contributed by atoms with Crippen LogP contribution in [-0.2, 0) is 0 Å². The topological polar surface area (TPSA) is 41.5 Å². The van der Waals surface area contributed by atoms with Gasteiger partial charge in [0.1, 0.15) is 0 Å². The molecule has 1 aliphatic rings. The Morgan fingerprint density at radius 2 is 2.16 bits per heavy atom. The summed E-state index contributed by atoms with van der Waals surface area (Å²) < 4.78 is 5.16. The number of benzene rings is 1. The van der Waals surface area contributed by atoms with Crippen LogP contribution in [0.25, 0.3) is 0 Å². The molecule has 2 unspecified atom stereocenters. The maximum absolute atomic E-state index is 9.63. The van der Waals surface area contributed by atoms with Crippen molar-refractivity contribution < 1.29 is 9.84 Å². The van der Waals surface area contributed by atoms with Gasteiger partial charge in [0, 0.05) is 12.1 Å². The summed E-state index contributed by atoms with van der Waals surface area (Å²) in [6.45, 7) is 4.41. The predicted molar refractivity (Wildman–Crippen MR) is 77.6 cm³/mol. The average molecular weight is 263 g/mol. The molecule has 0 radical (unpaired) electrons. The van der Waals surface area contributed by atoms with E-state index in [9.17, 15) is 5.11 Å². The van der Waals surface area contributed by atoms with Gasteiger partial charge in [0.2, 0.25) is 0 Å². The van der Waals surface area contributed by atoms with E-state index in [4.69, 9.17) is 4.74 Å². The number of rotatable bonds is 7. The average Bonchev–Trinajstić information content (AvgIpc) is 3.22. The number of ether oxygens (including phenoxy) is 1. The van der Waals surface area contributed by atoms with Crippen LogP contribution in [0.1, 0.15) is 51.1 Å². The first-order chi connectivity index (χ1) is 9.13. The van der Waals surface area contributed by atoms with E-state index in [0.29, 0.717) is 11.8 Å². The molecule has 1 fully saturated rings. The summed E-state index contributed by atoms with van der Waals surface area (Å²) in [6, 6.07) is 6.44. The molecule has 0 aliphatic heterocycles. The van der Waals surface area contributed by atoms with Gasteiger partial charge in [0.15, 0.2) is 11.5 Å². The molecule has 0 heterocycles. The van der Waals surface area contributed by atoms with Crippen LogP contribution < -0.4 is 10.1 Å². The fraction of sp³-hybridized carbons (Fsp3) is 0.625. The molecular weight excluding hydrogens is 238 g/mol. The molecule has 1 aromatic carbocycles. The first-order valence-corrected chi connectivity index (χ1v) is 7.27. The molecular formula is C16H25NO2. The maximum atomic E-state index is 9.63. The first kappa shape index (κ1) is 14.2. The van der Waals surface area contributed by atoms with Crippen LogP contribution >= 0.6 is 0 Å². The van der Waals surface area contributed by atoms with Gasteiger partial charge in [-0.25, -0.2) is 0 Å². The fourth-order valence-corrected chi connectivity index (χ4v) is 2.52. The number of phenols is 1. The quantitative estimate of drug-likeness (QED) is 0.789. The zero-order chi connectivity index (χ0) is 13.8. The molecule has 1 aromatic rings. The van der Waals surface area contributed by atoms with Gasteiger partial charge >= 0.3 is 0 Å². The van der Waals surface area contributed by atoms with E-state index in [2.05, 4.69) is 19.2 Å². The minimum Gasteiger partial charge on any atom is -0.504 e. The van der Waals surface area contributed by atoms with Crippen LogP contribution in [0.4, 0.5) is 0 Å². The normalized spacial score (nSPS) is 18.1. The van der Waals surface area contributed by atoms with E-state index >= 15 is 0 Å². The fourth-order valence-electron chi connectivity index (χ4n) is 2.52. The highest BCUT2D eigenvalue weighted by Crippen LogP contribution is 2.35. The van der Waals surface area contributed by atoms with E-state index in [-0.39, 0.29) is 11.8 Å². The summed E-state index contributed by atoms with van der Waals surface area (Å²) in [4.78, 5) is 0. The van der Waals surface area contributed by atoms with Crippen LogP contribution in [0.3, 0.4) is 0 Å². The minimum absolute atomic E-state index is 0.198. The van der Waals surface area contributed by atoms with Crippen molar-refractivity contribution in [1.29, 1.82) is 0 Å². The zero-order valence-corrected chi connectivity index (χ0v) is 12.1. The second-order valence-corrected chi connectivity index (χ2v) is 5.60. The number of aromatic hydroxyl groups is 1. The summed E-state index contributed by atoms with van der Waals surface area (Å²) in [5.74, 6) is 1.68. The van der Waals surface area contributed by atoms with Crippen molar-refractivity contribution in [3.63, 3.8) is 0 Å². The van der Waals surface area contributed by atoms with Crippen molar-refractivity contribution in [2.24, 2.45) is 5.92 Å². The van der Waals surface area contributed by atoms with E-state index in [1.807, 2.05) is 12.1 Å². The van der Waals surface area contributed by atoms with Crippen molar-refractivity contribution in [2.75, 3.05) is 7.11 Å². The van der Waals surface area contributed by atoms with E-state index in [0.717, 1.165) is 17.9 Å². The van der Waals surface area contributed by atoms with E-state index < -0.39 is 0 Å². The molecule has 0 amide bonds. The van der Waals surface area contributed by atoms with Crippen molar-refractivity contribution in [1.82, 2.24) is 5.32 Å². The van der Waals surface area contributed by atoms with Crippen LogP contribution in [0.15, 0.2) is 18.2 Å². The summed E-state index contributed by atoms with van der Waals surface area (Å²) in [6.07, 6.45) is 5.26. The molecule has 19 heavy (non-hydrogen) atoms. The highest BCUT2D eigenvalue weighted by atomic mass is 16.5. The third kappa shape index (κ3) is 3.87. The van der Waals surface area contributed by atoms with E-state index in [1.165, 1.54) is 19.3 Å². The Hall–Kier alpha value is -1.22. The maximum Gasteiger partial charge on any atom is 0.160 e. The Kier molecular flexibility index (Phi) is 4.70. The molecule has 2 rings (SSSR count). The van der Waals surface area contributed by atoms with Crippen molar-refractivity contribution in [3.05, 3.63) is 23.8 Å². The third-order valence-electron chi connectivity index (χ3n) is 4.00. The molecule has 2 N–H and O–H groups in total. The van der Waals surface area contributed by atoms with Gasteiger partial charge in [-0.05, 0) is 43.4 Å². The second kappa shape index (κ2) is 6.29. The summed E-state index contributed by atoms with van der Waals surface area (Å²) in [7, 11) is 1.58. The van der Waals surface area contributed by atoms with Gasteiger partial charge in [-0.2, -0.15) is 0 Å². The summed E-state index contributed by atoms with van der Waals surface area (Å²) in [5, 5.41) is 13.3. The van der Waals surface area contributed by atoms with Crippen molar-refractivity contribution in [3.8, 4) is 11.5 Å². The Morgan fingerprint density at radius 3 is 2.74 bits per heavy atom. The molecule has 0 spiro atoms. The number of phenolic OH excluding ortho intramolecular Hbond substituents is 1. The predicted octanol–water partition coefficient (Wildman–Crippen LogP) is 3.63. The highest BCUT2D eigenvalue weighted by Gasteiger charge is 2.25. The zero-order valence-electron chi connectivity index (χ0n) is 12.1. The van der Waals surface area contributed by atoms with Crippen molar-refractivity contribution >= 4 is 0 Å². The number of methoxy groups -OCH3 is 1. The number of hydrogen-bond donors (Lipinski definition) is 2. The molecule has 106 valence electrons. The van der Waals surface area contributed by atoms with Gasteiger partial charge in [-0.1, -0.05) is 25.8 Å². The molecule has 0 saturated heterocycles. The number of hydrogen-bond acceptors (Lipinski definition) is 3. The van der Waals surface area contributed by atoms with Gasteiger partial charge in [-0.15, -0.1) is 0 Å². The molecule has 3 heteroatoms. The van der Waals surface area contributed by atoms with Crippen molar-refractivity contribution in [2.45, 2.75) is 51.6 Å². The number of nitrogens with one attached hydrogen (secondary N) is 1. The molecule has 1 aliphatic carbocycles. The Morgan fingerprint density at radius 1 is 1.42 bits per heavy atom. The molecule has 0 bridgehead atoms. The van der Waals surface area contributed by atoms with Crippen LogP contribution in [0.5, 0.6) is 11.5 Å². The lowest BCUT2D eigenvalue weighted by Crippen LogP contribution is -2.31. The Balaban J connectivity index is 1.99. The summed E-state index contributed by atoms with van der Waals surface area (Å²) in [5.41, 5.74) is 1.16. The van der Waals surface area contributed by atoms with Gasteiger partial charge in [0.05, 0.1) is 7.11 Å². The standard InChI is InChI=1S/C16H25NO2/c1-4-14(9-12-5-6-12)17-11(2)13-7-8-15(18)16(10-13)19-3/h7-8,10-12,14,17-18H,4-6,9H2,1-3H3. The van der Waals surface area contributed by atoms with Crippen LogP contribution in [-0.4, -0.2) is 18.3 Å². The molecule has 0 aromatic heterocycles. The monoisotopic (exact) mass is 263 g/mol. The first-order valence-electron chi connectivity index (χ1n) is 7.27.